The molecule has 1 aromatic heterocycles. The largest absolute Gasteiger partial charge is 0.389 e. The molecule has 1 heterocycles. The molecule has 106 valence electrons. The molecule has 1 aromatic rings. The Bertz CT molecular complexity index is 397. The second kappa shape index (κ2) is 6.38. The monoisotopic (exact) mass is 262 g/mol. The maximum absolute atomic E-state index is 9.87. The third kappa shape index (κ3) is 3.27. The number of aliphatic hydroxyl groups is 1. The Morgan fingerprint density at radius 3 is 2.63 bits per heavy atom. The molecule has 0 aromatic carbocycles. The Hall–Kier alpha value is -1.09. The van der Waals surface area contributed by atoms with Crippen LogP contribution in [0.25, 0.3) is 0 Å². The lowest BCUT2D eigenvalue weighted by Gasteiger charge is -2.36. The molecule has 1 aliphatic carbocycles. The number of aliphatic hydroxyl groups excluding tert-OH is 1. The van der Waals surface area contributed by atoms with E-state index in [0.29, 0.717) is 6.04 Å². The van der Waals surface area contributed by atoms with Gasteiger partial charge in [0, 0.05) is 24.8 Å². The van der Waals surface area contributed by atoms with Crippen molar-refractivity contribution >= 4 is 5.82 Å². The minimum atomic E-state index is -0.460. The van der Waals surface area contributed by atoms with Crippen molar-refractivity contribution in [2.75, 3.05) is 11.9 Å². The van der Waals surface area contributed by atoms with Crippen LogP contribution in [0.3, 0.4) is 0 Å². The molecule has 0 saturated heterocycles. The van der Waals surface area contributed by atoms with E-state index in [1.54, 1.807) is 0 Å². The van der Waals surface area contributed by atoms with Gasteiger partial charge in [0.15, 0.2) is 0 Å². The number of nitrogens with zero attached hydrogens (tertiary/aromatic N) is 2. The first-order valence-electron chi connectivity index (χ1n) is 7.49. The lowest BCUT2D eigenvalue weighted by Crippen LogP contribution is -2.36. The third-order valence-electron chi connectivity index (χ3n) is 4.54. The van der Waals surface area contributed by atoms with Gasteiger partial charge >= 0.3 is 0 Å². The van der Waals surface area contributed by atoms with E-state index < -0.39 is 6.10 Å². The summed E-state index contributed by atoms with van der Waals surface area (Å²) in [6, 6.07) is 4.43. The van der Waals surface area contributed by atoms with Gasteiger partial charge in [-0.2, -0.15) is 0 Å². The van der Waals surface area contributed by atoms with E-state index in [0.717, 1.165) is 17.3 Å². The zero-order valence-corrected chi connectivity index (χ0v) is 12.3. The Balaban J connectivity index is 2.10. The van der Waals surface area contributed by atoms with Gasteiger partial charge in [-0.05, 0) is 44.6 Å². The Kier molecular flexibility index (Phi) is 4.81. The van der Waals surface area contributed by atoms with E-state index >= 15 is 0 Å². The summed E-state index contributed by atoms with van der Waals surface area (Å²) in [6.45, 7) is 4.10. The van der Waals surface area contributed by atoms with Crippen LogP contribution in [-0.4, -0.2) is 23.2 Å². The van der Waals surface area contributed by atoms with E-state index in [2.05, 4.69) is 23.9 Å². The summed E-state index contributed by atoms with van der Waals surface area (Å²) in [6.07, 6.45) is 7.78. The number of aromatic nitrogens is 1. The molecule has 2 rings (SSSR count). The molecular formula is C16H26N2O. The van der Waals surface area contributed by atoms with Crippen LogP contribution in [0, 0.1) is 5.92 Å². The van der Waals surface area contributed by atoms with Gasteiger partial charge in [-0.25, -0.2) is 4.98 Å². The maximum atomic E-state index is 9.87. The first-order chi connectivity index (χ1) is 9.13. The number of pyridine rings is 1. The predicted octanol–water partition coefficient (Wildman–Crippen LogP) is 3.54. The van der Waals surface area contributed by atoms with Gasteiger partial charge in [-0.3, -0.25) is 0 Å². The molecule has 1 N–H and O–H groups in total. The number of rotatable bonds is 4. The van der Waals surface area contributed by atoms with E-state index in [1.807, 2.05) is 25.3 Å². The third-order valence-corrected chi connectivity index (χ3v) is 4.54. The zero-order chi connectivity index (χ0) is 13.8. The van der Waals surface area contributed by atoms with Gasteiger partial charge < -0.3 is 10.0 Å². The molecular weight excluding hydrogens is 236 g/mol. The van der Waals surface area contributed by atoms with Crippen molar-refractivity contribution in [2.45, 2.75) is 58.1 Å². The molecule has 1 unspecified atom stereocenters. The van der Waals surface area contributed by atoms with Gasteiger partial charge in [0.25, 0.3) is 0 Å². The first kappa shape index (κ1) is 14.3. The molecule has 0 amide bonds. The highest BCUT2D eigenvalue weighted by molar-refractivity contribution is 5.48. The normalized spacial score (nSPS) is 25.1. The molecule has 1 aliphatic rings. The van der Waals surface area contributed by atoms with Crippen LogP contribution >= 0.6 is 0 Å². The standard InChI is InChI=1S/C16H26N2O/c1-4-13-7-9-14(10-8-13)18(3)16-15(12(2)19)6-5-11-17-16/h5-6,11-14,19H,4,7-10H2,1-3H3. The van der Waals surface area contributed by atoms with E-state index in [-0.39, 0.29) is 0 Å². The molecule has 0 bridgehead atoms. The van der Waals surface area contributed by atoms with Crippen LogP contribution in [0.2, 0.25) is 0 Å². The van der Waals surface area contributed by atoms with Crippen LogP contribution < -0.4 is 4.90 Å². The second-order valence-electron chi connectivity index (χ2n) is 5.79. The highest BCUT2D eigenvalue weighted by atomic mass is 16.3. The lowest BCUT2D eigenvalue weighted by molar-refractivity contribution is 0.199. The van der Waals surface area contributed by atoms with E-state index in [1.165, 1.54) is 32.1 Å². The number of anilines is 1. The Morgan fingerprint density at radius 2 is 2.05 bits per heavy atom. The summed E-state index contributed by atoms with van der Waals surface area (Å²) in [4.78, 5) is 6.75. The quantitative estimate of drug-likeness (QED) is 0.901. The molecule has 3 heteroatoms. The average molecular weight is 262 g/mol. The summed E-state index contributed by atoms with van der Waals surface area (Å²) < 4.78 is 0. The SMILES string of the molecule is CCC1CCC(N(C)c2ncccc2C(C)O)CC1. The molecule has 0 radical (unpaired) electrons. The Morgan fingerprint density at radius 1 is 1.37 bits per heavy atom. The van der Waals surface area contributed by atoms with Crippen molar-refractivity contribution in [1.82, 2.24) is 4.98 Å². The van der Waals surface area contributed by atoms with Gasteiger partial charge in [0.2, 0.25) is 0 Å². The fourth-order valence-electron chi connectivity index (χ4n) is 3.14. The number of hydrogen-bond donors (Lipinski definition) is 1. The topological polar surface area (TPSA) is 36.4 Å². The predicted molar refractivity (Wildman–Crippen MR) is 79.3 cm³/mol. The summed E-state index contributed by atoms with van der Waals surface area (Å²) in [5.41, 5.74) is 0.933. The van der Waals surface area contributed by atoms with Gasteiger partial charge in [-0.1, -0.05) is 19.4 Å². The highest BCUT2D eigenvalue weighted by Crippen LogP contribution is 2.32. The lowest BCUT2D eigenvalue weighted by atomic mass is 9.84. The average Bonchev–Trinajstić information content (AvgIpc) is 2.46. The van der Waals surface area contributed by atoms with Crippen molar-refractivity contribution in [2.24, 2.45) is 5.92 Å². The fraction of sp³-hybridized carbons (Fsp3) is 0.688. The molecule has 3 nitrogen and oxygen atoms in total. The van der Waals surface area contributed by atoms with Crippen LogP contribution in [0.15, 0.2) is 18.3 Å². The van der Waals surface area contributed by atoms with Crippen LogP contribution in [0.1, 0.15) is 57.6 Å². The fourth-order valence-corrected chi connectivity index (χ4v) is 3.14. The second-order valence-corrected chi connectivity index (χ2v) is 5.79. The van der Waals surface area contributed by atoms with Crippen molar-refractivity contribution in [1.29, 1.82) is 0 Å². The summed E-state index contributed by atoms with van der Waals surface area (Å²) in [5, 5.41) is 9.87. The molecule has 1 fully saturated rings. The van der Waals surface area contributed by atoms with E-state index in [4.69, 9.17) is 0 Å². The van der Waals surface area contributed by atoms with Crippen molar-refractivity contribution in [3.05, 3.63) is 23.9 Å². The molecule has 1 saturated carbocycles. The van der Waals surface area contributed by atoms with E-state index in [9.17, 15) is 5.11 Å². The van der Waals surface area contributed by atoms with Gasteiger partial charge in [0.05, 0.1) is 6.10 Å². The van der Waals surface area contributed by atoms with Crippen molar-refractivity contribution in [3.63, 3.8) is 0 Å². The Labute approximate surface area is 116 Å². The van der Waals surface area contributed by atoms with Gasteiger partial charge in [-0.15, -0.1) is 0 Å². The molecule has 1 atom stereocenters. The van der Waals surface area contributed by atoms with Crippen molar-refractivity contribution < 1.29 is 5.11 Å². The van der Waals surface area contributed by atoms with Crippen LogP contribution in [0.5, 0.6) is 0 Å². The van der Waals surface area contributed by atoms with Gasteiger partial charge in [0.1, 0.15) is 5.82 Å². The minimum Gasteiger partial charge on any atom is -0.389 e. The maximum Gasteiger partial charge on any atom is 0.134 e. The molecule has 0 aliphatic heterocycles. The summed E-state index contributed by atoms with van der Waals surface area (Å²) in [7, 11) is 2.12. The number of hydrogen-bond acceptors (Lipinski definition) is 3. The van der Waals surface area contributed by atoms with Crippen LogP contribution in [0.4, 0.5) is 5.82 Å². The summed E-state index contributed by atoms with van der Waals surface area (Å²) in [5.74, 6) is 1.85. The molecule has 0 spiro atoms. The summed E-state index contributed by atoms with van der Waals surface area (Å²) >= 11 is 0. The first-order valence-corrected chi connectivity index (χ1v) is 7.49. The zero-order valence-electron chi connectivity index (χ0n) is 12.3. The highest BCUT2D eigenvalue weighted by Gasteiger charge is 2.25. The smallest absolute Gasteiger partial charge is 0.134 e. The van der Waals surface area contributed by atoms with Crippen LogP contribution in [-0.2, 0) is 0 Å². The van der Waals surface area contributed by atoms with Crippen molar-refractivity contribution in [3.8, 4) is 0 Å². The minimum absolute atomic E-state index is 0.460. The molecule has 19 heavy (non-hydrogen) atoms.